The van der Waals surface area contributed by atoms with Gasteiger partial charge in [-0.2, -0.15) is 0 Å². The van der Waals surface area contributed by atoms with Crippen molar-refractivity contribution >= 4 is 17.7 Å². The fourth-order valence-electron chi connectivity index (χ4n) is 5.87. The van der Waals surface area contributed by atoms with E-state index in [1.165, 1.54) is 11.1 Å². The predicted molar refractivity (Wildman–Crippen MR) is 140 cm³/mol. The monoisotopic (exact) mass is 504 g/mol. The average Bonchev–Trinajstić information content (AvgIpc) is 2.91. The standard InChI is InChI=1S/C29H36N4O4/c1-20(34)32-13-10-25(11-14-32)33-15-9-22-16-23(6-7-27(22)29(33)37)28(36)30-17-26(35)19-31-12-8-21-4-2-3-5-24(21)18-31/h2-7,16,25-26,35H,8-15,17-19H2,1H3,(H,30,36)/t26-/m0/s1. The second-order valence-corrected chi connectivity index (χ2v) is 10.5. The molecule has 2 aromatic carbocycles. The van der Waals surface area contributed by atoms with Gasteiger partial charge in [-0.15, -0.1) is 0 Å². The number of carbonyl (C=O) groups is 3. The van der Waals surface area contributed by atoms with Crippen LogP contribution in [0.3, 0.4) is 0 Å². The van der Waals surface area contributed by atoms with Gasteiger partial charge in [0.05, 0.1) is 6.10 Å². The average molecular weight is 505 g/mol. The Hall–Kier alpha value is -3.23. The molecule has 0 aromatic heterocycles. The first-order chi connectivity index (χ1) is 17.9. The number of rotatable bonds is 6. The van der Waals surface area contributed by atoms with E-state index in [4.69, 9.17) is 0 Å². The molecule has 37 heavy (non-hydrogen) atoms. The molecule has 1 saturated heterocycles. The molecule has 0 unspecified atom stereocenters. The van der Waals surface area contributed by atoms with E-state index in [1.54, 1.807) is 19.1 Å². The van der Waals surface area contributed by atoms with Crippen LogP contribution in [0.2, 0.25) is 0 Å². The van der Waals surface area contributed by atoms with Gasteiger partial charge in [-0.05, 0) is 60.6 Å². The first kappa shape index (κ1) is 25.4. The normalized spacial score (nSPS) is 19.2. The lowest BCUT2D eigenvalue weighted by molar-refractivity contribution is -0.130. The Morgan fingerprint density at radius 2 is 1.73 bits per heavy atom. The van der Waals surface area contributed by atoms with Gasteiger partial charge >= 0.3 is 0 Å². The SMILES string of the molecule is CC(=O)N1CCC(N2CCc3cc(C(=O)NC[C@H](O)CN4CCc5ccccc5C4)ccc3C2=O)CC1. The first-order valence-electron chi connectivity index (χ1n) is 13.3. The van der Waals surface area contributed by atoms with E-state index in [-0.39, 0.29) is 30.3 Å². The van der Waals surface area contributed by atoms with Crippen LogP contribution < -0.4 is 5.32 Å². The summed E-state index contributed by atoms with van der Waals surface area (Å²) in [6.07, 6.45) is 2.61. The quantitative estimate of drug-likeness (QED) is 0.626. The van der Waals surface area contributed by atoms with Crippen molar-refractivity contribution in [2.24, 2.45) is 0 Å². The molecular formula is C29H36N4O4. The van der Waals surface area contributed by atoms with Crippen molar-refractivity contribution in [2.75, 3.05) is 39.3 Å². The maximum Gasteiger partial charge on any atom is 0.254 e. The van der Waals surface area contributed by atoms with Crippen molar-refractivity contribution in [1.29, 1.82) is 0 Å². The molecule has 1 fully saturated rings. The molecule has 3 amide bonds. The number of carbonyl (C=O) groups excluding carboxylic acids is 3. The number of nitrogens with one attached hydrogen (secondary N) is 1. The molecule has 8 heteroatoms. The van der Waals surface area contributed by atoms with Crippen LogP contribution in [0.4, 0.5) is 0 Å². The number of fused-ring (bicyclic) bond motifs is 2. The predicted octanol–water partition coefficient (Wildman–Crippen LogP) is 1.84. The minimum Gasteiger partial charge on any atom is -0.390 e. The third-order valence-electron chi connectivity index (χ3n) is 8.01. The summed E-state index contributed by atoms with van der Waals surface area (Å²) >= 11 is 0. The minimum absolute atomic E-state index is 0.00742. The Balaban J connectivity index is 1.13. The summed E-state index contributed by atoms with van der Waals surface area (Å²) in [6, 6.07) is 13.8. The Morgan fingerprint density at radius 1 is 1.00 bits per heavy atom. The van der Waals surface area contributed by atoms with Gasteiger partial charge in [0.15, 0.2) is 0 Å². The zero-order valence-corrected chi connectivity index (χ0v) is 21.5. The van der Waals surface area contributed by atoms with Gasteiger partial charge < -0.3 is 20.2 Å². The Kier molecular flexibility index (Phi) is 7.58. The zero-order chi connectivity index (χ0) is 25.9. The first-order valence-corrected chi connectivity index (χ1v) is 13.3. The number of aliphatic hydroxyl groups excluding tert-OH is 1. The summed E-state index contributed by atoms with van der Waals surface area (Å²) in [7, 11) is 0. The van der Waals surface area contributed by atoms with Gasteiger partial charge in [-0.1, -0.05) is 24.3 Å². The maximum absolute atomic E-state index is 13.2. The highest BCUT2D eigenvalue weighted by Gasteiger charge is 2.33. The number of likely N-dealkylation sites (tertiary alicyclic amines) is 1. The summed E-state index contributed by atoms with van der Waals surface area (Å²) < 4.78 is 0. The molecule has 0 bridgehead atoms. The van der Waals surface area contributed by atoms with Crippen LogP contribution in [-0.4, -0.2) is 88.9 Å². The molecule has 3 heterocycles. The van der Waals surface area contributed by atoms with Crippen LogP contribution >= 0.6 is 0 Å². The second kappa shape index (κ2) is 11.0. The molecule has 0 saturated carbocycles. The number of amides is 3. The van der Waals surface area contributed by atoms with Crippen LogP contribution in [0.25, 0.3) is 0 Å². The lowest BCUT2D eigenvalue weighted by Crippen LogP contribution is -2.50. The van der Waals surface area contributed by atoms with Crippen molar-refractivity contribution in [3.05, 3.63) is 70.3 Å². The van der Waals surface area contributed by atoms with Crippen molar-refractivity contribution in [1.82, 2.24) is 20.0 Å². The Labute approximate surface area is 218 Å². The molecule has 0 spiro atoms. The fraction of sp³-hybridized carbons (Fsp3) is 0.483. The van der Waals surface area contributed by atoms with Gasteiger partial charge in [0.2, 0.25) is 5.91 Å². The second-order valence-electron chi connectivity index (χ2n) is 10.5. The van der Waals surface area contributed by atoms with Crippen LogP contribution in [0, 0.1) is 0 Å². The maximum atomic E-state index is 13.2. The van der Waals surface area contributed by atoms with E-state index in [9.17, 15) is 19.5 Å². The number of β-amino-alcohol motifs (C(OH)–C–C–N with tert-alkyl or cyclic N) is 1. The van der Waals surface area contributed by atoms with Crippen LogP contribution in [-0.2, 0) is 24.2 Å². The molecule has 0 radical (unpaired) electrons. The summed E-state index contributed by atoms with van der Waals surface area (Å²) in [5.41, 5.74) is 4.72. The molecule has 3 aliphatic rings. The highest BCUT2D eigenvalue weighted by molar-refractivity contribution is 6.00. The highest BCUT2D eigenvalue weighted by atomic mass is 16.3. The van der Waals surface area contributed by atoms with Gasteiger partial charge in [0, 0.05) is 69.9 Å². The highest BCUT2D eigenvalue weighted by Crippen LogP contribution is 2.26. The minimum atomic E-state index is -0.656. The topological polar surface area (TPSA) is 93.2 Å². The van der Waals surface area contributed by atoms with Crippen LogP contribution in [0.1, 0.15) is 57.2 Å². The van der Waals surface area contributed by atoms with E-state index < -0.39 is 6.10 Å². The number of piperidine rings is 1. The third-order valence-corrected chi connectivity index (χ3v) is 8.01. The fourth-order valence-corrected chi connectivity index (χ4v) is 5.87. The van der Waals surface area contributed by atoms with Crippen molar-refractivity contribution in [3.63, 3.8) is 0 Å². The lowest BCUT2D eigenvalue weighted by Gasteiger charge is -2.40. The van der Waals surface area contributed by atoms with Crippen LogP contribution in [0.15, 0.2) is 42.5 Å². The van der Waals surface area contributed by atoms with E-state index in [2.05, 4.69) is 28.4 Å². The number of nitrogens with zero attached hydrogens (tertiary/aromatic N) is 3. The van der Waals surface area contributed by atoms with Crippen molar-refractivity contribution in [3.8, 4) is 0 Å². The Bertz CT molecular complexity index is 1170. The summed E-state index contributed by atoms with van der Waals surface area (Å²) in [4.78, 5) is 43.6. The van der Waals surface area contributed by atoms with Crippen molar-refractivity contribution < 1.29 is 19.5 Å². The molecule has 0 aliphatic carbocycles. The molecule has 2 N–H and O–H groups in total. The van der Waals surface area contributed by atoms with Gasteiger partial charge in [-0.3, -0.25) is 19.3 Å². The van der Waals surface area contributed by atoms with Crippen LogP contribution in [0.5, 0.6) is 0 Å². The number of aliphatic hydroxyl groups is 1. The number of benzene rings is 2. The van der Waals surface area contributed by atoms with Crippen molar-refractivity contribution in [2.45, 2.75) is 51.3 Å². The zero-order valence-electron chi connectivity index (χ0n) is 21.5. The summed E-state index contributed by atoms with van der Waals surface area (Å²) in [5.74, 6) is -0.144. The van der Waals surface area contributed by atoms with E-state index in [0.29, 0.717) is 43.7 Å². The summed E-state index contributed by atoms with van der Waals surface area (Å²) in [5, 5.41) is 13.4. The molecule has 5 rings (SSSR count). The molecule has 2 aromatic rings. The molecule has 1 atom stereocenters. The van der Waals surface area contributed by atoms with Gasteiger partial charge in [-0.25, -0.2) is 0 Å². The third kappa shape index (κ3) is 5.70. The van der Waals surface area contributed by atoms with Gasteiger partial charge in [0.25, 0.3) is 11.8 Å². The van der Waals surface area contributed by atoms with E-state index in [0.717, 1.165) is 37.9 Å². The molecule has 8 nitrogen and oxygen atoms in total. The van der Waals surface area contributed by atoms with Gasteiger partial charge in [0.1, 0.15) is 0 Å². The number of hydrogen-bond acceptors (Lipinski definition) is 5. The van der Waals surface area contributed by atoms with E-state index >= 15 is 0 Å². The number of hydrogen-bond donors (Lipinski definition) is 2. The Morgan fingerprint density at radius 3 is 2.49 bits per heavy atom. The molecule has 196 valence electrons. The summed E-state index contributed by atoms with van der Waals surface area (Å²) in [6.45, 7) is 5.98. The molecular weight excluding hydrogens is 468 g/mol. The van der Waals surface area contributed by atoms with E-state index in [1.807, 2.05) is 21.9 Å². The largest absolute Gasteiger partial charge is 0.390 e. The lowest BCUT2D eigenvalue weighted by atomic mass is 9.93. The smallest absolute Gasteiger partial charge is 0.254 e. The molecule has 3 aliphatic heterocycles.